The van der Waals surface area contributed by atoms with Crippen molar-refractivity contribution in [2.45, 2.75) is 13.0 Å². The summed E-state index contributed by atoms with van der Waals surface area (Å²) in [5.74, 6) is 0. The van der Waals surface area contributed by atoms with Gasteiger partial charge >= 0.3 is 0 Å². The van der Waals surface area contributed by atoms with Gasteiger partial charge < -0.3 is 10.2 Å². The van der Waals surface area contributed by atoms with Crippen LogP contribution in [0.2, 0.25) is 0 Å². The van der Waals surface area contributed by atoms with Gasteiger partial charge in [-0.3, -0.25) is 0 Å². The third kappa shape index (κ3) is 2.71. The molecule has 0 bridgehead atoms. The Morgan fingerprint density at radius 1 is 1.20 bits per heavy atom. The second-order valence-electron chi connectivity index (χ2n) is 6.34. The third-order valence-corrected chi connectivity index (χ3v) is 4.77. The molecule has 1 fully saturated rings. The van der Waals surface area contributed by atoms with Crippen molar-refractivity contribution in [3.63, 3.8) is 0 Å². The molecule has 5 nitrogen and oxygen atoms in total. The van der Waals surface area contributed by atoms with Gasteiger partial charge in [0.15, 0.2) is 0 Å². The lowest BCUT2D eigenvalue weighted by atomic mass is 9.98. The molecule has 0 spiro atoms. The van der Waals surface area contributed by atoms with Crippen LogP contribution in [0.4, 0.5) is 5.69 Å². The zero-order chi connectivity index (χ0) is 17.2. The van der Waals surface area contributed by atoms with Crippen LogP contribution in [0.15, 0.2) is 48.7 Å². The van der Waals surface area contributed by atoms with Gasteiger partial charge in [-0.1, -0.05) is 36.4 Å². The summed E-state index contributed by atoms with van der Waals surface area (Å²) >= 11 is 0. The Kier molecular flexibility index (Phi) is 4.04. The van der Waals surface area contributed by atoms with E-state index in [0.29, 0.717) is 11.6 Å². The molecule has 1 aromatic heterocycles. The highest BCUT2D eigenvalue weighted by molar-refractivity contribution is 5.97. The molecule has 4 rings (SSSR count). The lowest BCUT2D eigenvalue weighted by Crippen LogP contribution is -2.50. The molecule has 0 aliphatic carbocycles. The summed E-state index contributed by atoms with van der Waals surface area (Å²) in [7, 11) is 0. The van der Waals surface area contributed by atoms with Gasteiger partial charge in [-0.05, 0) is 13.0 Å². The van der Waals surface area contributed by atoms with Crippen LogP contribution in [-0.4, -0.2) is 35.9 Å². The summed E-state index contributed by atoms with van der Waals surface area (Å²) in [6.45, 7) is 4.86. The van der Waals surface area contributed by atoms with Crippen molar-refractivity contribution in [1.82, 2.24) is 15.5 Å². The van der Waals surface area contributed by atoms with Gasteiger partial charge in [-0.25, -0.2) is 0 Å². The molecule has 1 N–H and O–H groups in total. The summed E-state index contributed by atoms with van der Waals surface area (Å²) in [4.78, 5) is 2.31. The fourth-order valence-electron chi connectivity index (χ4n) is 3.53. The highest BCUT2D eigenvalue weighted by atomic mass is 15.2. The second kappa shape index (κ2) is 6.50. The maximum Gasteiger partial charge on any atom is 0.103 e. The minimum atomic E-state index is 0.310. The number of hydrogen-bond acceptors (Lipinski definition) is 5. The van der Waals surface area contributed by atoms with Crippen LogP contribution in [0.1, 0.15) is 12.5 Å². The highest BCUT2D eigenvalue weighted by Gasteiger charge is 2.25. The maximum atomic E-state index is 9.69. The van der Waals surface area contributed by atoms with Crippen molar-refractivity contribution < 1.29 is 0 Å². The normalized spacial score (nSPS) is 17.4. The molecule has 25 heavy (non-hydrogen) atoms. The first-order valence-corrected chi connectivity index (χ1v) is 8.51. The van der Waals surface area contributed by atoms with Crippen LogP contribution in [0.25, 0.3) is 22.0 Å². The summed E-state index contributed by atoms with van der Waals surface area (Å²) in [6, 6.07) is 16.6. The third-order valence-electron chi connectivity index (χ3n) is 4.77. The number of aromatic nitrogens is 2. The number of benzene rings is 2. The lowest BCUT2D eigenvalue weighted by Gasteiger charge is -2.37. The molecule has 0 amide bonds. The van der Waals surface area contributed by atoms with Crippen LogP contribution in [0.3, 0.4) is 0 Å². The molecule has 2 heterocycles. The summed E-state index contributed by atoms with van der Waals surface area (Å²) in [5, 5.41) is 23.8. The molecule has 1 aliphatic heterocycles. The Labute approximate surface area is 146 Å². The summed E-state index contributed by atoms with van der Waals surface area (Å²) < 4.78 is 0. The number of nitriles is 1. The van der Waals surface area contributed by atoms with E-state index in [2.05, 4.69) is 39.5 Å². The van der Waals surface area contributed by atoms with Gasteiger partial charge in [0.2, 0.25) is 0 Å². The number of piperazine rings is 1. The number of anilines is 1. The van der Waals surface area contributed by atoms with Crippen LogP contribution >= 0.6 is 0 Å². The van der Waals surface area contributed by atoms with Crippen molar-refractivity contribution in [2.75, 3.05) is 24.5 Å². The molecule has 1 aliphatic rings. The Balaban J connectivity index is 1.97. The van der Waals surface area contributed by atoms with Gasteiger partial charge in [0, 0.05) is 42.0 Å². The number of rotatable bonds is 2. The van der Waals surface area contributed by atoms with Crippen LogP contribution < -0.4 is 10.2 Å². The summed E-state index contributed by atoms with van der Waals surface area (Å²) in [6.07, 6.45) is 1.78. The van der Waals surface area contributed by atoms with Gasteiger partial charge in [-0.15, -0.1) is 5.10 Å². The monoisotopic (exact) mass is 329 g/mol. The molecule has 1 saturated heterocycles. The quantitative estimate of drug-likeness (QED) is 0.783. The molecule has 0 radical (unpaired) electrons. The number of hydrogen-bond donors (Lipinski definition) is 1. The Bertz CT molecular complexity index is 954. The molecule has 124 valence electrons. The van der Waals surface area contributed by atoms with Gasteiger partial charge in [0.05, 0.1) is 17.4 Å². The highest BCUT2D eigenvalue weighted by Crippen LogP contribution is 2.37. The summed E-state index contributed by atoms with van der Waals surface area (Å²) in [5.41, 5.74) is 3.44. The van der Waals surface area contributed by atoms with Crippen molar-refractivity contribution in [3.8, 4) is 17.3 Å². The predicted octanol–water partition coefficient (Wildman–Crippen LogP) is 2.97. The molecule has 5 heteroatoms. The van der Waals surface area contributed by atoms with E-state index in [1.807, 2.05) is 36.4 Å². The molecular weight excluding hydrogens is 310 g/mol. The van der Waals surface area contributed by atoms with Crippen LogP contribution in [0, 0.1) is 11.3 Å². The maximum absolute atomic E-state index is 9.69. The first kappa shape index (κ1) is 15.6. The molecule has 3 aromatic rings. The Morgan fingerprint density at radius 3 is 2.92 bits per heavy atom. The van der Waals surface area contributed by atoms with Crippen molar-refractivity contribution >= 4 is 16.5 Å². The van der Waals surface area contributed by atoms with Crippen molar-refractivity contribution in [2.24, 2.45) is 0 Å². The fourth-order valence-corrected chi connectivity index (χ4v) is 3.53. The van der Waals surface area contributed by atoms with Crippen LogP contribution in [0.5, 0.6) is 0 Å². The van der Waals surface area contributed by atoms with E-state index in [1.165, 1.54) is 0 Å². The van der Waals surface area contributed by atoms with E-state index in [4.69, 9.17) is 0 Å². The largest absolute Gasteiger partial charge is 0.365 e. The van der Waals surface area contributed by atoms with Gasteiger partial charge in [0.25, 0.3) is 0 Å². The zero-order valence-corrected chi connectivity index (χ0v) is 14.1. The molecular formula is C20H19N5. The van der Waals surface area contributed by atoms with Crippen molar-refractivity contribution in [3.05, 3.63) is 54.2 Å². The molecule has 1 unspecified atom stereocenters. The Hall–Kier alpha value is -2.97. The number of nitrogens with zero attached hydrogens (tertiary/aromatic N) is 4. The first-order chi connectivity index (χ1) is 12.3. The topological polar surface area (TPSA) is 64.8 Å². The van der Waals surface area contributed by atoms with E-state index < -0.39 is 0 Å². The lowest BCUT2D eigenvalue weighted by molar-refractivity contribution is 0.501. The van der Waals surface area contributed by atoms with Crippen LogP contribution in [-0.2, 0) is 0 Å². The van der Waals surface area contributed by atoms with Crippen molar-refractivity contribution in [1.29, 1.82) is 5.26 Å². The average molecular weight is 329 g/mol. The van der Waals surface area contributed by atoms with E-state index in [-0.39, 0.29) is 0 Å². The van der Waals surface area contributed by atoms with E-state index in [0.717, 1.165) is 47.4 Å². The van der Waals surface area contributed by atoms with E-state index in [1.54, 1.807) is 6.20 Å². The minimum Gasteiger partial charge on any atom is -0.365 e. The molecule has 0 saturated carbocycles. The SMILES string of the molecule is CC1CNCCN1c1c(C#N)cccc1-c1nncc2ccccc12. The first-order valence-electron chi connectivity index (χ1n) is 8.51. The predicted molar refractivity (Wildman–Crippen MR) is 99.4 cm³/mol. The standard InChI is InChI=1S/C20H19N5/c1-14-12-22-9-10-25(14)20-15(11-21)6-4-8-18(20)19-17-7-3-2-5-16(17)13-23-24-19/h2-8,13-14,22H,9-10,12H2,1H3. The smallest absolute Gasteiger partial charge is 0.103 e. The van der Waals surface area contributed by atoms with Gasteiger partial charge in [-0.2, -0.15) is 10.4 Å². The Morgan fingerprint density at radius 2 is 2.08 bits per heavy atom. The second-order valence-corrected chi connectivity index (χ2v) is 6.34. The molecule has 1 atom stereocenters. The zero-order valence-electron chi connectivity index (χ0n) is 14.1. The fraction of sp³-hybridized carbons (Fsp3) is 0.250. The average Bonchev–Trinajstić information content (AvgIpc) is 2.67. The van der Waals surface area contributed by atoms with E-state index >= 15 is 0 Å². The van der Waals surface area contributed by atoms with E-state index in [9.17, 15) is 5.26 Å². The number of para-hydroxylation sites is 1. The number of fused-ring (bicyclic) bond motifs is 1. The number of nitrogens with one attached hydrogen (secondary N) is 1. The molecule has 2 aromatic carbocycles. The van der Waals surface area contributed by atoms with Gasteiger partial charge in [0.1, 0.15) is 11.8 Å². The minimum absolute atomic E-state index is 0.310.